The molecule has 0 amide bonds. The number of rotatable bonds is 6. The summed E-state index contributed by atoms with van der Waals surface area (Å²) in [6, 6.07) is 0.471. The number of ether oxygens (including phenoxy) is 3. The van der Waals surface area contributed by atoms with Gasteiger partial charge in [0.1, 0.15) is 0 Å². The molecule has 0 spiro atoms. The Hall–Kier alpha value is -0.160. The molecular weight excluding hydrogens is 218 g/mol. The van der Waals surface area contributed by atoms with Crippen LogP contribution in [0, 0.1) is 5.92 Å². The molecule has 0 saturated carbocycles. The second-order valence-corrected chi connectivity index (χ2v) is 4.94. The molecule has 100 valence electrons. The monoisotopic (exact) mass is 243 g/mol. The van der Waals surface area contributed by atoms with Crippen LogP contribution in [0.1, 0.15) is 32.6 Å². The fraction of sp³-hybridized carbons (Fsp3) is 1.00. The zero-order chi connectivity index (χ0) is 11.9. The van der Waals surface area contributed by atoms with Crippen molar-refractivity contribution >= 4 is 0 Å². The van der Waals surface area contributed by atoms with E-state index in [4.69, 9.17) is 14.2 Å². The molecule has 2 aliphatic rings. The average Bonchev–Trinajstić information content (AvgIpc) is 2.88. The molecule has 17 heavy (non-hydrogen) atoms. The van der Waals surface area contributed by atoms with Gasteiger partial charge in [0, 0.05) is 19.1 Å². The molecule has 4 heteroatoms. The Labute approximate surface area is 104 Å². The first-order valence-corrected chi connectivity index (χ1v) is 6.94. The minimum absolute atomic E-state index is 0.00807. The van der Waals surface area contributed by atoms with Crippen molar-refractivity contribution < 1.29 is 14.2 Å². The van der Waals surface area contributed by atoms with E-state index in [1.54, 1.807) is 0 Å². The van der Waals surface area contributed by atoms with E-state index in [0.29, 0.717) is 12.0 Å². The summed E-state index contributed by atoms with van der Waals surface area (Å²) in [5.41, 5.74) is 0. The van der Waals surface area contributed by atoms with E-state index in [-0.39, 0.29) is 6.29 Å². The van der Waals surface area contributed by atoms with Gasteiger partial charge in [-0.1, -0.05) is 6.92 Å². The van der Waals surface area contributed by atoms with Crippen LogP contribution in [0.5, 0.6) is 0 Å². The van der Waals surface area contributed by atoms with Gasteiger partial charge in [0.25, 0.3) is 0 Å². The summed E-state index contributed by atoms with van der Waals surface area (Å²) in [7, 11) is 0. The molecule has 2 rings (SSSR count). The lowest BCUT2D eigenvalue weighted by atomic mass is 9.91. The zero-order valence-corrected chi connectivity index (χ0v) is 10.8. The summed E-state index contributed by atoms with van der Waals surface area (Å²) < 4.78 is 16.7. The van der Waals surface area contributed by atoms with Crippen molar-refractivity contribution in [3.8, 4) is 0 Å². The third-order valence-corrected chi connectivity index (χ3v) is 3.56. The van der Waals surface area contributed by atoms with Crippen LogP contribution < -0.4 is 5.32 Å². The molecule has 2 heterocycles. The first-order valence-electron chi connectivity index (χ1n) is 6.94. The van der Waals surface area contributed by atoms with Crippen molar-refractivity contribution in [2.75, 3.05) is 33.0 Å². The van der Waals surface area contributed by atoms with Crippen molar-refractivity contribution in [3.05, 3.63) is 0 Å². The number of hydrogen-bond acceptors (Lipinski definition) is 4. The van der Waals surface area contributed by atoms with Gasteiger partial charge in [-0.15, -0.1) is 0 Å². The molecule has 0 aromatic carbocycles. The lowest BCUT2D eigenvalue weighted by Gasteiger charge is -2.32. The average molecular weight is 243 g/mol. The van der Waals surface area contributed by atoms with Crippen molar-refractivity contribution in [1.29, 1.82) is 0 Å². The lowest BCUT2D eigenvalue weighted by Crippen LogP contribution is -2.42. The highest BCUT2D eigenvalue weighted by atomic mass is 16.7. The van der Waals surface area contributed by atoms with Crippen LogP contribution in [0.25, 0.3) is 0 Å². The van der Waals surface area contributed by atoms with Crippen LogP contribution in [0.2, 0.25) is 0 Å². The van der Waals surface area contributed by atoms with E-state index in [1.807, 2.05) is 0 Å². The minimum atomic E-state index is -0.00807. The fourth-order valence-electron chi connectivity index (χ4n) is 2.61. The van der Waals surface area contributed by atoms with E-state index in [0.717, 1.165) is 45.8 Å². The summed E-state index contributed by atoms with van der Waals surface area (Å²) in [6.07, 6.45) is 4.55. The van der Waals surface area contributed by atoms with E-state index >= 15 is 0 Å². The maximum atomic E-state index is 5.59. The Balaban J connectivity index is 1.81. The van der Waals surface area contributed by atoms with Crippen molar-refractivity contribution in [1.82, 2.24) is 5.32 Å². The first-order chi connectivity index (χ1) is 8.40. The molecule has 4 nitrogen and oxygen atoms in total. The molecule has 0 aromatic rings. The van der Waals surface area contributed by atoms with Crippen LogP contribution in [0.15, 0.2) is 0 Å². The molecule has 2 atom stereocenters. The zero-order valence-electron chi connectivity index (χ0n) is 10.8. The van der Waals surface area contributed by atoms with E-state index in [2.05, 4.69) is 12.2 Å². The Morgan fingerprint density at radius 1 is 1.24 bits per heavy atom. The second kappa shape index (κ2) is 7.31. The maximum absolute atomic E-state index is 5.59. The maximum Gasteiger partial charge on any atom is 0.159 e. The molecule has 0 aliphatic carbocycles. The topological polar surface area (TPSA) is 39.7 Å². The SMILES string of the molecule is CCCNC(CC1OCCO1)C1CCCOC1. The highest BCUT2D eigenvalue weighted by Crippen LogP contribution is 2.22. The van der Waals surface area contributed by atoms with Crippen LogP contribution in [-0.4, -0.2) is 45.3 Å². The van der Waals surface area contributed by atoms with Gasteiger partial charge in [0.2, 0.25) is 0 Å². The summed E-state index contributed by atoms with van der Waals surface area (Å²) in [4.78, 5) is 0. The van der Waals surface area contributed by atoms with Gasteiger partial charge in [-0.2, -0.15) is 0 Å². The molecule has 2 fully saturated rings. The van der Waals surface area contributed by atoms with Crippen LogP contribution in [0.4, 0.5) is 0 Å². The third-order valence-electron chi connectivity index (χ3n) is 3.56. The Kier molecular flexibility index (Phi) is 5.71. The van der Waals surface area contributed by atoms with Crippen molar-refractivity contribution in [2.24, 2.45) is 5.92 Å². The third kappa shape index (κ3) is 4.21. The molecule has 0 radical (unpaired) electrons. The van der Waals surface area contributed by atoms with Crippen LogP contribution in [-0.2, 0) is 14.2 Å². The Morgan fingerprint density at radius 2 is 2.06 bits per heavy atom. The standard InChI is InChI=1S/C13H25NO3/c1-2-5-14-12(9-13-16-7-8-17-13)11-4-3-6-15-10-11/h11-14H,2-10H2,1H3. The smallest absolute Gasteiger partial charge is 0.159 e. The molecule has 0 bridgehead atoms. The molecule has 2 unspecified atom stereocenters. The summed E-state index contributed by atoms with van der Waals surface area (Å²) in [6.45, 7) is 6.55. The van der Waals surface area contributed by atoms with Gasteiger partial charge in [0.05, 0.1) is 19.8 Å². The minimum Gasteiger partial charge on any atom is -0.381 e. The van der Waals surface area contributed by atoms with Gasteiger partial charge < -0.3 is 19.5 Å². The van der Waals surface area contributed by atoms with Crippen molar-refractivity contribution in [3.63, 3.8) is 0 Å². The van der Waals surface area contributed by atoms with E-state index in [1.165, 1.54) is 12.8 Å². The highest BCUT2D eigenvalue weighted by molar-refractivity contribution is 4.80. The molecule has 0 aromatic heterocycles. The molecule has 2 aliphatic heterocycles. The van der Waals surface area contributed by atoms with Gasteiger partial charge >= 0.3 is 0 Å². The largest absolute Gasteiger partial charge is 0.381 e. The molecule has 2 saturated heterocycles. The number of hydrogen-bond donors (Lipinski definition) is 1. The van der Waals surface area contributed by atoms with E-state index < -0.39 is 0 Å². The van der Waals surface area contributed by atoms with Gasteiger partial charge in [0.15, 0.2) is 6.29 Å². The predicted molar refractivity (Wildman–Crippen MR) is 65.9 cm³/mol. The molecular formula is C13H25NO3. The second-order valence-electron chi connectivity index (χ2n) is 4.94. The van der Waals surface area contributed by atoms with Crippen LogP contribution in [0.3, 0.4) is 0 Å². The van der Waals surface area contributed by atoms with E-state index in [9.17, 15) is 0 Å². The summed E-state index contributed by atoms with van der Waals surface area (Å²) in [5.74, 6) is 0.614. The predicted octanol–water partition coefficient (Wildman–Crippen LogP) is 1.54. The van der Waals surface area contributed by atoms with Gasteiger partial charge in [-0.25, -0.2) is 0 Å². The van der Waals surface area contributed by atoms with Gasteiger partial charge in [-0.05, 0) is 31.7 Å². The van der Waals surface area contributed by atoms with Crippen LogP contribution >= 0.6 is 0 Å². The Morgan fingerprint density at radius 3 is 2.71 bits per heavy atom. The first kappa shape index (κ1) is 13.3. The highest BCUT2D eigenvalue weighted by Gasteiger charge is 2.28. The normalized spacial score (nSPS) is 28.4. The summed E-state index contributed by atoms with van der Waals surface area (Å²) in [5, 5.41) is 3.63. The fourth-order valence-corrected chi connectivity index (χ4v) is 2.61. The number of nitrogens with one attached hydrogen (secondary N) is 1. The quantitative estimate of drug-likeness (QED) is 0.768. The summed E-state index contributed by atoms with van der Waals surface area (Å²) >= 11 is 0. The van der Waals surface area contributed by atoms with Gasteiger partial charge in [-0.3, -0.25) is 0 Å². The molecule has 1 N–H and O–H groups in total. The van der Waals surface area contributed by atoms with Crippen molar-refractivity contribution in [2.45, 2.75) is 44.9 Å². The Bertz CT molecular complexity index is 201. The lowest BCUT2D eigenvalue weighted by molar-refractivity contribution is -0.0632.